The van der Waals surface area contributed by atoms with Crippen molar-refractivity contribution < 1.29 is 38.7 Å². The van der Waals surface area contributed by atoms with Gasteiger partial charge in [-0.2, -0.15) is 0 Å². The largest absolute Gasteiger partial charge is 0.488 e. The van der Waals surface area contributed by atoms with Gasteiger partial charge in [-0.05, 0) is 65.7 Å². The monoisotopic (exact) mass is 653 g/mol. The first kappa shape index (κ1) is 31.1. The molecule has 0 radical (unpaired) electrons. The van der Waals surface area contributed by atoms with E-state index in [4.69, 9.17) is 4.42 Å². The molecule has 3 aliphatic carbocycles. The van der Waals surface area contributed by atoms with Gasteiger partial charge < -0.3 is 19.6 Å². The maximum atomic E-state index is 15.0. The third kappa shape index (κ3) is 4.59. The van der Waals surface area contributed by atoms with E-state index >= 15 is 0 Å². The van der Waals surface area contributed by atoms with Gasteiger partial charge in [0, 0.05) is 11.5 Å². The molecule has 1 aromatic heterocycles. The highest BCUT2D eigenvalue weighted by molar-refractivity contribution is 6.58. The number of anilines is 1. The highest BCUT2D eigenvalue weighted by Gasteiger charge is 2.66. The Balaban J connectivity index is 1.33. The smallest absolute Gasteiger partial charge is 0.463 e. The summed E-state index contributed by atoms with van der Waals surface area (Å²) in [6, 6.07) is 27.7. The van der Waals surface area contributed by atoms with Gasteiger partial charge in [-0.25, -0.2) is 0 Å². The van der Waals surface area contributed by atoms with Crippen LogP contribution in [0, 0.1) is 23.7 Å². The minimum atomic E-state index is -1.78. The molecule has 0 spiro atoms. The van der Waals surface area contributed by atoms with Crippen molar-refractivity contribution in [3.8, 4) is 0 Å². The number of Topliss-reactive ketones (excluding diaryl/α,β-unsaturated/α-hetero) is 1. The van der Waals surface area contributed by atoms with Gasteiger partial charge in [0.25, 0.3) is 0 Å². The Morgan fingerprint density at radius 3 is 2.27 bits per heavy atom. The molecular weight excluding hydrogens is 621 g/mol. The quantitative estimate of drug-likeness (QED) is 0.163. The van der Waals surface area contributed by atoms with Crippen LogP contribution in [0.4, 0.5) is 5.69 Å². The summed E-state index contributed by atoms with van der Waals surface area (Å²) in [5, 5.41) is 29.5. The third-order valence-corrected chi connectivity index (χ3v) is 10.9. The summed E-state index contributed by atoms with van der Waals surface area (Å²) in [6.45, 7) is -0.365. The second-order valence-electron chi connectivity index (χ2n) is 13.2. The number of carbonyl (C=O) groups is 4. The van der Waals surface area contributed by atoms with Crippen molar-refractivity contribution in [1.82, 2.24) is 0 Å². The van der Waals surface area contributed by atoms with Crippen LogP contribution in [0.2, 0.25) is 0 Å². The number of allylic oxidation sites excluding steroid dienone is 4. The molecule has 2 fully saturated rings. The van der Waals surface area contributed by atoms with E-state index in [-0.39, 0.29) is 42.2 Å². The number of aliphatic hydroxyl groups excluding tert-OH is 1. The van der Waals surface area contributed by atoms with E-state index in [1.807, 2.05) is 54.6 Å². The topological polar surface area (TPSA) is 145 Å². The number of rotatable bonds is 6. The Bertz CT molecular complexity index is 2070. The van der Waals surface area contributed by atoms with Crippen LogP contribution in [0.25, 0.3) is 5.57 Å². The summed E-state index contributed by atoms with van der Waals surface area (Å²) in [5.41, 5.74) is 1.26. The van der Waals surface area contributed by atoms with E-state index in [0.717, 1.165) is 10.5 Å². The molecule has 9 nitrogen and oxygen atoms in total. The number of furan rings is 1. The summed E-state index contributed by atoms with van der Waals surface area (Å²) in [4.78, 5) is 59.4. The molecule has 244 valence electrons. The molecule has 4 aliphatic rings. The number of nitrogens with zero attached hydrogens (tertiary/aromatic N) is 1. The van der Waals surface area contributed by atoms with Gasteiger partial charge in [-0.1, -0.05) is 84.4 Å². The van der Waals surface area contributed by atoms with Crippen molar-refractivity contribution in [1.29, 1.82) is 0 Å². The van der Waals surface area contributed by atoms with Crippen LogP contribution in [0.5, 0.6) is 0 Å². The highest BCUT2D eigenvalue weighted by atomic mass is 16.4. The minimum absolute atomic E-state index is 0.140. The molecule has 4 aromatic rings. The predicted molar refractivity (Wildman–Crippen MR) is 180 cm³/mol. The average Bonchev–Trinajstić information content (AvgIpc) is 3.71. The normalized spacial score (nSPS) is 27.7. The van der Waals surface area contributed by atoms with Crippen LogP contribution in [0.15, 0.2) is 119 Å². The van der Waals surface area contributed by atoms with E-state index in [1.165, 1.54) is 18.2 Å². The molecule has 3 aromatic carbocycles. The molecule has 1 saturated heterocycles. The Hall–Kier alpha value is -5.16. The van der Waals surface area contributed by atoms with E-state index in [0.29, 0.717) is 28.2 Å². The number of benzene rings is 3. The average molecular weight is 653 g/mol. The molecule has 1 aliphatic heterocycles. The van der Waals surface area contributed by atoms with E-state index < -0.39 is 53.9 Å². The van der Waals surface area contributed by atoms with Gasteiger partial charge in [0.2, 0.25) is 11.8 Å². The number of aliphatic hydroxyl groups is 1. The van der Waals surface area contributed by atoms with Gasteiger partial charge in [0.15, 0.2) is 11.6 Å². The third-order valence-electron chi connectivity index (χ3n) is 10.9. The summed E-state index contributed by atoms with van der Waals surface area (Å²) in [7, 11) is -1.78. The zero-order valence-corrected chi connectivity index (χ0v) is 26.3. The van der Waals surface area contributed by atoms with Crippen molar-refractivity contribution in [2.24, 2.45) is 23.7 Å². The SMILES string of the molecule is O=C1C(c2ccccc2)=CC(=O)C2(c3ccccc3)C1CC1C(=CCC3C(=O)N(c4cccc(B(O)O)c4)C(=O)C31)C2c1ccc(CO)o1. The molecule has 10 heteroatoms. The van der Waals surface area contributed by atoms with Crippen LogP contribution >= 0.6 is 0 Å². The number of amides is 2. The molecule has 2 amide bonds. The van der Waals surface area contributed by atoms with E-state index in [2.05, 4.69) is 0 Å². The molecule has 0 bridgehead atoms. The lowest BCUT2D eigenvalue weighted by atomic mass is 9.45. The summed E-state index contributed by atoms with van der Waals surface area (Å²) in [6.07, 6.45) is 3.76. The van der Waals surface area contributed by atoms with Crippen molar-refractivity contribution in [2.45, 2.75) is 30.8 Å². The lowest BCUT2D eigenvalue weighted by Gasteiger charge is -2.54. The van der Waals surface area contributed by atoms with Gasteiger partial charge in [-0.15, -0.1) is 0 Å². The first-order chi connectivity index (χ1) is 23.7. The number of hydrogen-bond donors (Lipinski definition) is 3. The van der Waals surface area contributed by atoms with Crippen LogP contribution in [-0.2, 0) is 31.2 Å². The van der Waals surface area contributed by atoms with E-state index in [9.17, 15) is 34.3 Å². The Morgan fingerprint density at radius 1 is 0.837 bits per heavy atom. The van der Waals surface area contributed by atoms with Gasteiger partial charge >= 0.3 is 7.12 Å². The molecule has 6 unspecified atom stereocenters. The van der Waals surface area contributed by atoms with Gasteiger partial charge in [0.1, 0.15) is 18.1 Å². The van der Waals surface area contributed by atoms with Crippen LogP contribution in [0.3, 0.4) is 0 Å². The maximum Gasteiger partial charge on any atom is 0.488 e. The summed E-state index contributed by atoms with van der Waals surface area (Å²) < 4.78 is 6.21. The highest BCUT2D eigenvalue weighted by Crippen LogP contribution is 2.63. The fraction of sp³-hybridized carbons (Fsp3) is 0.231. The molecule has 1 saturated carbocycles. The van der Waals surface area contributed by atoms with Crippen molar-refractivity contribution in [3.63, 3.8) is 0 Å². The number of imide groups is 1. The zero-order chi connectivity index (χ0) is 34.0. The number of carbonyl (C=O) groups excluding carboxylic acids is 4. The lowest BCUT2D eigenvalue weighted by Crippen LogP contribution is -2.58. The van der Waals surface area contributed by atoms with Crippen LogP contribution in [0.1, 0.15) is 41.4 Å². The van der Waals surface area contributed by atoms with Crippen LogP contribution in [-0.4, -0.2) is 45.7 Å². The van der Waals surface area contributed by atoms with Crippen molar-refractivity contribution in [2.75, 3.05) is 4.90 Å². The predicted octanol–water partition coefficient (Wildman–Crippen LogP) is 3.48. The molecule has 8 rings (SSSR count). The fourth-order valence-electron chi connectivity index (χ4n) is 8.90. The maximum absolute atomic E-state index is 15.0. The van der Waals surface area contributed by atoms with Crippen LogP contribution < -0.4 is 10.4 Å². The van der Waals surface area contributed by atoms with Crippen molar-refractivity contribution in [3.05, 3.63) is 137 Å². The Morgan fingerprint density at radius 2 is 1.57 bits per heavy atom. The minimum Gasteiger partial charge on any atom is -0.463 e. The summed E-state index contributed by atoms with van der Waals surface area (Å²) in [5.74, 6) is -4.49. The van der Waals surface area contributed by atoms with E-state index in [1.54, 1.807) is 36.4 Å². The molecule has 3 N–H and O–H groups in total. The Kier molecular flexibility index (Phi) is 7.48. The zero-order valence-electron chi connectivity index (χ0n) is 26.3. The molecule has 6 atom stereocenters. The van der Waals surface area contributed by atoms with Gasteiger partial charge in [0.05, 0.1) is 28.9 Å². The lowest BCUT2D eigenvalue weighted by molar-refractivity contribution is -0.135. The molecule has 2 heterocycles. The first-order valence-corrected chi connectivity index (χ1v) is 16.4. The number of fused-ring (bicyclic) bond motifs is 4. The van der Waals surface area contributed by atoms with Crippen molar-refractivity contribution >= 4 is 47.2 Å². The molecular formula is C39H32BNO8. The summed E-state index contributed by atoms with van der Waals surface area (Å²) >= 11 is 0. The second kappa shape index (κ2) is 11.8. The standard InChI is InChI=1S/C39H32BNO8/c42-21-26-14-17-32(49-26)35-27-15-16-28-34(38(46)41(37(28)45)25-13-7-12-24(18-25)40(47)48)30(27)19-31-36(44)29(22-8-3-1-4-9-22)20-33(43)39(31,35)23-10-5-2-6-11-23/h1-15,17-18,20,28,30-31,34-35,42,47-48H,16,19,21H2. The fourth-order valence-corrected chi connectivity index (χ4v) is 8.90. The number of ketones is 2. The number of hydrogen-bond acceptors (Lipinski definition) is 8. The second-order valence-corrected chi connectivity index (χ2v) is 13.2. The Labute approximate surface area is 282 Å². The van der Waals surface area contributed by atoms with Gasteiger partial charge in [-0.3, -0.25) is 24.1 Å². The first-order valence-electron chi connectivity index (χ1n) is 16.4. The molecule has 49 heavy (non-hydrogen) atoms.